The van der Waals surface area contributed by atoms with Crippen molar-refractivity contribution in [2.75, 3.05) is 38.4 Å². The monoisotopic (exact) mass is 515 g/mol. The number of rotatable bonds is 5. The van der Waals surface area contributed by atoms with Crippen molar-refractivity contribution in [1.29, 1.82) is 0 Å². The van der Waals surface area contributed by atoms with Crippen LogP contribution >= 0.6 is 0 Å². The van der Waals surface area contributed by atoms with Crippen molar-refractivity contribution in [3.63, 3.8) is 0 Å². The Bertz CT molecular complexity index is 1350. The van der Waals surface area contributed by atoms with Gasteiger partial charge in [-0.25, -0.2) is 4.72 Å². The van der Waals surface area contributed by atoms with E-state index in [-0.39, 0.29) is 41.4 Å². The van der Waals surface area contributed by atoms with Crippen LogP contribution < -0.4 is 19.5 Å². The zero-order valence-electron chi connectivity index (χ0n) is 19.4. The molecule has 1 atom stereocenters. The van der Waals surface area contributed by atoms with Crippen LogP contribution in [0.15, 0.2) is 45.8 Å². The van der Waals surface area contributed by atoms with E-state index < -0.39 is 16.3 Å². The number of carbonyl (C=O) groups excluding carboxylic acids is 1. The number of amides is 1. The zero-order valence-corrected chi connectivity index (χ0v) is 20.2. The van der Waals surface area contributed by atoms with Crippen LogP contribution in [0.2, 0.25) is 0 Å². The number of nitrogens with one attached hydrogen (secondary N) is 2. The first-order valence-corrected chi connectivity index (χ1v) is 12.8. The van der Waals surface area contributed by atoms with E-state index in [0.717, 1.165) is 5.56 Å². The summed E-state index contributed by atoms with van der Waals surface area (Å²) in [7, 11) is -4.04. The number of fused-ring (bicyclic) bond motifs is 1. The van der Waals surface area contributed by atoms with Gasteiger partial charge >= 0.3 is 10.2 Å². The molecule has 0 radical (unpaired) electrons. The van der Waals surface area contributed by atoms with Crippen LogP contribution in [-0.4, -0.2) is 69.1 Å². The van der Waals surface area contributed by atoms with Crippen LogP contribution in [0.4, 0.5) is 5.69 Å². The van der Waals surface area contributed by atoms with E-state index >= 15 is 0 Å². The molecule has 1 amide bonds. The number of morpholine rings is 1. The molecule has 3 heterocycles. The highest BCUT2D eigenvalue weighted by Crippen LogP contribution is 2.36. The van der Waals surface area contributed by atoms with Gasteiger partial charge in [-0.05, 0) is 36.2 Å². The first-order valence-electron chi connectivity index (χ1n) is 11.4. The van der Waals surface area contributed by atoms with Gasteiger partial charge in [-0.1, -0.05) is 19.1 Å². The number of ether oxygens (including phenoxy) is 3. The second kappa shape index (κ2) is 9.66. The summed E-state index contributed by atoms with van der Waals surface area (Å²) in [6.07, 6.45) is 0.562. The van der Waals surface area contributed by atoms with Crippen molar-refractivity contribution in [1.82, 2.24) is 9.62 Å². The summed E-state index contributed by atoms with van der Waals surface area (Å²) in [4.78, 5) is 19.1. The molecule has 0 bridgehead atoms. The lowest BCUT2D eigenvalue weighted by Crippen LogP contribution is -2.40. The van der Waals surface area contributed by atoms with Gasteiger partial charge in [0.15, 0.2) is 28.9 Å². The Morgan fingerprint density at radius 1 is 1.22 bits per heavy atom. The van der Waals surface area contributed by atoms with Crippen molar-refractivity contribution in [2.24, 2.45) is 9.39 Å². The number of anilines is 1. The Hall–Kier alpha value is -3.84. The summed E-state index contributed by atoms with van der Waals surface area (Å²) in [6.45, 7) is 3.74. The van der Waals surface area contributed by atoms with Gasteiger partial charge in [0.05, 0.1) is 30.5 Å². The Morgan fingerprint density at radius 3 is 2.78 bits per heavy atom. The van der Waals surface area contributed by atoms with Crippen LogP contribution in [0.5, 0.6) is 17.2 Å². The molecule has 0 aliphatic carbocycles. The third kappa shape index (κ3) is 4.79. The molecule has 3 N–H and O–H groups in total. The number of phenolic OH excluding ortho intramolecular Hbond substituents is 1. The summed E-state index contributed by atoms with van der Waals surface area (Å²) >= 11 is 0. The number of para-hydroxylation sites is 1. The molecule has 2 aromatic carbocycles. The summed E-state index contributed by atoms with van der Waals surface area (Å²) in [5.41, 5.74) is 1.01. The first kappa shape index (κ1) is 23.9. The second-order valence-corrected chi connectivity index (χ2v) is 9.60. The third-order valence-corrected chi connectivity index (χ3v) is 6.81. The van der Waals surface area contributed by atoms with Gasteiger partial charge in [-0.15, -0.1) is 4.40 Å². The highest BCUT2D eigenvalue weighted by atomic mass is 32.2. The molecule has 12 nitrogen and oxygen atoms in total. The number of nitrogens with zero attached hydrogens (tertiary/aromatic N) is 3. The quantitative estimate of drug-likeness (QED) is 0.510. The minimum Gasteiger partial charge on any atom is -0.505 e. The number of amidine groups is 2. The second-order valence-electron chi connectivity index (χ2n) is 8.26. The van der Waals surface area contributed by atoms with Crippen LogP contribution in [0.1, 0.15) is 35.3 Å². The molecule has 0 aromatic heterocycles. The van der Waals surface area contributed by atoms with E-state index in [1.165, 1.54) is 12.1 Å². The molecule has 13 heteroatoms. The molecule has 3 aliphatic rings. The maximum Gasteiger partial charge on any atom is 0.345 e. The Balaban J connectivity index is 1.42. The molecular weight excluding hydrogens is 490 g/mol. The van der Waals surface area contributed by atoms with Gasteiger partial charge in [-0.2, -0.15) is 8.42 Å². The highest BCUT2D eigenvalue weighted by Gasteiger charge is 2.30. The topological polar surface area (TPSA) is 151 Å². The number of aliphatic imine (C=N–C) groups is 1. The number of carbonyl (C=O) groups is 1. The molecular formula is C23H25N5O7S. The summed E-state index contributed by atoms with van der Waals surface area (Å²) in [5, 5.41) is 13.7. The number of aromatic hydroxyl groups is 1. The minimum absolute atomic E-state index is 0.0103. The van der Waals surface area contributed by atoms with Gasteiger partial charge in [0, 0.05) is 13.1 Å². The van der Waals surface area contributed by atoms with Gasteiger partial charge in [0.1, 0.15) is 0 Å². The number of phenols is 1. The van der Waals surface area contributed by atoms with Crippen LogP contribution in [0.25, 0.3) is 0 Å². The Morgan fingerprint density at radius 2 is 2.00 bits per heavy atom. The fourth-order valence-electron chi connectivity index (χ4n) is 4.09. The van der Waals surface area contributed by atoms with Crippen molar-refractivity contribution in [3.8, 4) is 17.2 Å². The number of benzene rings is 2. The van der Waals surface area contributed by atoms with Crippen molar-refractivity contribution >= 4 is 33.5 Å². The lowest BCUT2D eigenvalue weighted by molar-refractivity contribution is 0.0301. The zero-order chi connectivity index (χ0) is 25.3. The molecule has 0 spiro atoms. The van der Waals surface area contributed by atoms with E-state index in [1.54, 1.807) is 23.1 Å². The molecule has 5 rings (SSSR count). The van der Waals surface area contributed by atoms with E-state index in [2.05, 4.69) is 19.4 Å². The Labute approximate surface area is 207 Å². The normalized spacial score (nSPS) is 20.1. The summed E-state index contributed by atoms with van der Waals surface area (Å²) in [5.74, 6) is 0.458. The molecule has 0 saturated carbocycles. The van der Waals surface area contributed by atoms with Gasteiger partial charge < -0.3 is 29.5 Å². The van der Waals surface area contributed by atoms with Crippen LogP contribution in [0.3, 0.4) is 0 Å². The number of hydrogen-bond acceptors (Lipinski definition) is 9. The molecule has 3 aliphatic heterocycles. The summed E-state index contributed by atoms with van der Waals surface area (Å²) in [6, 6.07) is 9.63. The van der Waals surface area contributed by atoms with E-state index in [9.17, 15) is 18.3 Å². The average molecular weight is 516 g/mol. The minimum atomic E-state index is -4.04. The van der Waals surface area contributed by atoms with Crippen LogP contribution in [-0.2, 0) is 14.9 Å². The largest absolute Gasteiger partial charge is 0.505 e. The molecule has 2 aromatic rings. The van der Waals surface area contributed by atoms with E-state index in [0.29, 0.717) is 44.2 Å². The smallest absolute Gasteiger partial charge is 0.345 e. The maximum atomic E-state index is 12.9. The average Bonchev–Trinajstić information content (AvgIpc) is 3.46. The lowest BCUT2D eigenvalue weighted by Gasteiger charge is -2.27. The first-order chi connectivity index (χ1) is 17.3. The predicted molar refractivity (Wildman–Crippen MR) is 131 cm³/mol. The number of hydrogen-bond donors (Lipinski definition) is 3. The van der Waals surface area contributed by atoms with Crippen molar-refractivity contribution in [3.05, 3.63) is 47.5 Å². The van der Waals surface area contributed by atoms with Crippen molar-refractivity contribution in [2.45, 2.75) is 19.4 Å². The van der Waals surface area contributed by atoms with Crippen LogP contribution in [0, 0.1) is 0 Å². The van der Waals surface area contributed by atoms with Gasteiger partial charge in [0.25, 0.3) is 5.91 Å². The maximum absolute atomic E-state index is 12.9. The fraction of sp³-hybridized carbons (Fsp3) is 0.348. The van der Waals surface area contributed by atoms with Gasteiger partial charge in [0.2, 0.25) is 6.79 Å². The lowest BCUT2D eigenvalue weighted by atomic mass is 10.0. The molecule has 1 saturated heterocycles. The van der Waals surface area contributed by atoms with Crippen molar-refractivity contribution < 1.29 is 32.5 Å². The van der Waals surface area contributed by atoms with E-state index in [4.69, 9.17) is 14.2 Å². The fourth-order valence-corrected chi connectivity index (χ4v) is 4.90. The summed E-state index contributed by atoms with van der Waals surface area (Å²) < 4.78 is 46.7. The molecule has 1 fully saturated rings. The molecule has 36 heavy (non-hydrogen) atoms. The molecule has 190 valence electrons. The SMILES string of the molecule is CCC(N=C1NS(=O)(=O)N=C1Nc1cccc(C(=O)N2CCOCC2)c1O)c1ccc2c(c1)OCO2. The Kier molecular flexibility index (Phi) is 6.41. The third-order valence-electron chi connectivity index (χ3n) is 5.93. The van der Waals surface area contributed by atoms with Gasteiger partial charge in [-0.3, -0.25) is 9.79 Å². The van der Waals surface area contributed by atoms with E-state index in [1.807, 2.05) is 13.0 Å². The standard InChI is InChI=1S/C23H25N5O7S/c1-2-16(14-6-7-18-19(12-14)35-13-34-18)24-21-22(27-36(31,32)26-21)25-17-5-3-4-15(20(17)29)23(30)28-8-10-33-11-9-28/h3-7,12,16,29H,2,8-11,13H2,1H3,(H,24,26)(H,25,27). The highest BCUT2D eigenvalue weighted by molar-refractivity contribution is 7.89. The molecule has 1 unspecified atom stereocenters. The predicted octanol–water partition coefficient (Wildman–Crippen LogP) is 1.80.